The number of benzene rings is 1. The Morgan fingerprint density at radius 1 is 1.24 bits per heavy atom. The van der Waals surface area contributed by atoms with Gasteiger partial charge in [-0.3, -0.25) is 0 Å². The Hall–Kier alpha value is -1.31. The van der Waals surface area contributed by atoms with Gasteiger partial charge in [0.1, 0.15) is 0 Å². The number of rotatable bonds is 2. The van der Waals surface area contributed by atoms with E-state index in [2.05, 4.69) is 19.1 Å². The van der Waals surface area contributed by atoms with Crippen LogP contribution >= 0.6 is 0 Å². The van der Waals surface area contributed by atoms with Gasteiger partial charge >= 0.3 is 5.97 Å². The predicted octanol–water partition coefficient (Wildman–Crippen LogP) is 3.77. The molecule has 0 saturated heterocycles. The molecular weight excluding hydrogens is 212 g/mol. The van der Waals surface area contributed by atoms with E-state index in [9.17, 15) is 4.79 Å². The number of esters is 1. The molecule has 1 aliphatic carbocycles. The van der Waals surface area contributed by atoms with Crippen LogP contribution in [0.4, 0.5) is 0 Å². The van der Waals surface area contributed by atoms with Gasteiger partial charge in [0.25, 0.3) is 0 Å². The molecule has 1 fully saturated rings. The van der Waals surface area contributed by atoms with Crippen LogP contribution in [0.3, 0.4) is 0 Å². The molecule has 0 spiro atoms. The van der Waals surface area contributed by atoms with E-state index in [0.29, 0.717) is 11.5 Å². The Labute approximate surface area is 103 Å². The van der Waals surface area contributed by atoms with Crippen molar-refractivity contribution < 1.29 is 9.53 Å². The molecule has 0 unspecified atom stereocenters. The lowest BCUT2D eigenvalue weighted by atomic mass is 9.79. The maximum absolute atomic E-state index is 11.3. The van der Waals surface area contributed by atoms with Gasteiger partial charge in [0.15, 0.2) is 0 Å². The van der Waals surface area contributed by atoms with Crippen LogP contribution in [0.2, 0.25) is 0 Å². The van der Waals surface area contributed by atoms with Gasteiger partial charge in [-0.25, -0.2) is 4.79 Å². The van der Waals surface area contributed by atoms with Gasteiger partial charge in [-0.1, -0.05) is 31.9 Å². The maximum Gasteiger partial charge on any atom is 0.337 e. The topological polar surface area (TPSA) is 26.3 Å². The van der Waals surface area contributed by atoms with Crippen LogP contribution < -0.4 is 0 Å². The summed E-state index contributed by atoms with van der Waals surface area (Å²) in [6.07, 6.45) is 5.24. The summed E-state index contributed by atoms with van der Waals surface area (Å²) >= 11 is 0. The highest BCUT2D eigenvalue weighted by Gasteiger charge is 2.20. The lowest BCUT2D eigenvalue weighted by molar-refractivity contribution is 0.0600. The smallest absolute Gasteiger partial charge is 0.337 e. The summed E-state index contributed by atoms with van der Waals surface area (Å²) < 4.78 is 4.70. The van der Waals surface area contributed by atoms with Gasteiger partial charge in [-0.05, 0) is 42.4 Å². The van der Waals surface area contributed by atoms with Crippen LogP contribution in [0.1, 0.15) is 54.4 Å². The van der Waals surface area contributed by atoms with E-state index >= 15 is 0 Å². The van der Waals surface area contributed by atoms with E-state index in [4.69, 9.17) is 4.74 Å². The van der Waals surface area contributed by atoms with Gasteiger partial charge < -0.3 is 4.74 Å². The molecule has 0 aliphatic heterocycles. The average Bonchev–Trinajstić information content (AvgIpc) is 2.38. The Morgan fingerprint density at radius 2 is 1.94 bits per heavy atom. The van der Waals surface area contributed by atoms with Crippen molar-refractivity contribution in [3.05, 3.63) is 35.4 Å². The van der Waals surface area contributed by atoms with Crippen LogP contribution in [0.5, 0.6) is 0 Å². The summed E-state index contributed by atoms with van der Waals surface area (Å²) in [5.74, 6) is 1.24. The molecule has 92 valence electrons. The zero-order valence-corrected chi connectivity index (χ0v) is 10.6. The zero-order valence-electron chi connectivity index (χ0n) is 10.6. The molecule has 17 heavy (non-hydrogen) atoms. The first-order chi connectivity index (χ1) is 8.20. The molecule has 0 amide bonds. The molecule has 0 radical (unpaired) electrons. The fraction of sp³-hybridized carbons (Fsp3) is 0.533. The Balaban J connectivity index is 2.09. The molecule has 1 aromatic rings. The van der Waals surface area contributed by atoms with Gasteiger partial charge in [-0.15, -0.1) is 0 Å². The minimum atomic E-state index is -0.256. The van der Waals surface area contributed by atoms with Crippen molar-refractivity contribution in [3.63, 3.8) is 0 Å². The minimum absolute atomic E-state index is 0.256. The quantitative estimate of drug-likeness (QED) is 0.725. The highest BCUT2D eigenvalue weighted by Crippen LogP contribution is 2.35. The Morgan fingerprint density at radius 3 is 2.53 bits per heavy atom. The summed E-state index contributed by atoms with van der Waals surface area (Å²) in [4.78, 5) is 11.3. The Bertz CT molecular complexity index is 380. The van der Waals surface area contributed by atoms with Gasteiger partial charge in [0.2, 0.25) is 0 Å². The molecule has 0 aromatic heterocycles. The SMILES string of the molecule is COC(=O)c1ccc([C@H]2CCC[C@@H](C)C2)cc1. The third-order valence-electron chi connectivity index (χ3n) is 3.74. The van der Waals surface area contributed by atoms with Crippen molar-refractivity contribution in [1.29, 1.82) is 0 Å². The summed E-state index contributed by atoms with van der Waals surface area (Å²) in [5, 5.41) is 0. The number of methoxy groups -OCH3 is 1. The number of carbonyl (C=O) groups excluding carboxylic acids is 1. The molecule has 1 aromatic carbocycles. The second kappa shape index (κ2) is 5.35. The normalized spacial score (nSPS) is 24.4. The second-order valence-corrected chi connectivity index (χ2v) is 5.08. The van der Waals surface area contributed by atoms with Crippen molar-refractivity contribution in [2.24, 2.45) is 5.92 Å². The Kier molecular flexibility index (Phi) is 3.82. The van der Waals surface area contributed by atoms with Crippen LogP contribution in [-0.4, -0.2) is 13.1 Å². The first-order valence-electron chi connectivity index (χ1n) is 6.39. The molecule has 2 nitrogen and oxygen atoms in total. The van der Waals surface area contributed by atoms with E-state index in [-0.39, 0.29) is 5.97 Å². The summed E-state index contributed by atoms with van der Waals surface area (Å²) in [6, 6.07) is 7.91. The van der Waals surface area contributed by atoms with Crippen LogP contribution in [0.15, 0.2) is 24.3 Å². The van der Waals surface area contributed by atoms with Gasteiger partial charge in [0, 0.05) is 0 Å². The molecule has 1 aliphatic rings. The highest BCUT2D eigenvalue weighted by molar-refractivity contribution is 5.89. The van der Waals surface area contributed by atoms with Crippen molar-refractivity contribution >= 4 is 5.97 Å². The van der Waals surface area contributed by atoms with E-state index in [1.165, 1.54) is 38.4 Å². The van der Waals surface area contributed by atoms with Crippen molar-refractivity contribution in [1.82, 2.24) is 0 Å². The molecule has 1 saturated carbocycles. The van der Waals surface area contributed by atoms with Crippen molar-refractivity contribution in [2.45, 2.75) is 38.5 Å². The zero-order chi connectivity index (χ0) is 12.3. The summed E-state index contributed by atoms with van der Waals surface area (Å²) in [5.41, 5.74) is 2.00. The molecule has 0 N–H and O–H groups in total. The standard InChI is InChI=1S/C15H20O2/c1-11-4-3-5-14(10-11)12-6-8-13(9-7-12)15(16)17-2/h6-9,11,14H,3-5,10H2,1-2H3/t11-,14+/m1/s1. The third kappa shape index (κ3) is 2.87. The average molecular weight is 232 g/mol. The second-order valence-electron chi connectivity index (χ2n) is 5.08. The van der Waals surface area contributed by atoms with E-state index in [1.807, 2.05) is 12.1 Å². The number of carbonyl (C=O) groups is 1. The fourth-order valence-corrected chi connectivity index (χ4v) is 2.75. The molecular formula is C15H20O2. The lowest BCUT2D eigenvalue weighted by Gasteiger charge is -2.27. The molecule has 2 rings (SSSR count). The van der Waals surface area contributed by atoms with Crippen LogP contribution in [-0.2, 0) is 4.74 Å². The van der Waals surface area contributed by atoms with Crippen LogP contribution in [0, 0.1) is 5.92 Å². The predicted molar refractivity (Wildman–Crippen MR) is 68.2 cm³/mol. The lowest BCUT2D eigenvalue weighted by Crippen LogP contribution is -2.12. The van der Waals surface area contributed by atoms with Gasteiger partial charge in [-0.2, -0.15) is 0 Å². The largest absolute Gasteiger partial charge is 0.465 e. The summed E-state index contributed by atoms with van der Waals surface area (Å²) in [6.45, 7) is 2.33. The third-order valence-corrected chi connectivity index (χ3v) is 3.74. The van der Waals surface area contributed by atoms with E-state index in [1.54, 1.807) is 0 Å². The van der Waals surface area contributed by atoms with Crippen LogP contribution in [0.25, 0.3) is 0 Å². The fourth-order valence-electron chi connectivity index (χ4n) is 2.75. The first-order valence-corrected chi connectivity index (χ1v) is 6.39. The van der Waals surface area contributed by atoms with E-state index < -0.39 is 0 Å². The van der Waals surface area contributed by atoms with Gasteiger partial charge in [0.05, 0.1) is 12.7 Å². The number of ether oxygens (including phenoxy) is 1. The van der Waals surface area contributed by atoms with Crippen molar-refractivity contribution in [2.75, 3.05) is 7.11 Å². The molecule has 0 heterocycles. The molecule has 0 bridgehead atoms. The summed E-state index contributed by atoms with van der Waals surface area (Å²) in [7, 11) is 1.42. The van der Waals surface area contributed by atoms with Crippen molar-refractivity contribution in [3.8, 4) is 0 Å². The minimum Gasteiger partial charge on any atom is -0.465 e. The monoisotopic (exact) mass is 232 g/mol. The number of hydrogen-bond donors (Lipinski definition) is 0. The first kappa shape index (κ1) is 12.2. The van der Waals surface area contributed by atoms with E-state index in [0.717, 1.165) is 5.92 Å². The highest BCUT2D eigenvalue weighted by atomic mass is 16.5. The number of hydrogen-bond acceptors (Lipinski definition) is 2. The molecule has 2 atom stereocenters. The molecule has 2 heteroatoms. The maximum atomic E-state index is 11.3.